The molecule has 5 rings (SSSR count). The van der Waals surface area contributed by atoms with Gasteiger partial charge in [-0.3, -0.25) is 4.79 Å². The van der Waals surface area contributed by atoms with Crippen LogP contribution in [0, 0.1) is 13.8 Å². The Hall–Kier alpha value is -4.06. The van der Waals surface area contributed by atoms with E-state index in [1.165, 1.54) is 18.4 Å². The van der Waals surface area contributed by atoms with Gasteiger partial charge >= 0.3 is 0 Å². The largest absolute Gasteiger partial charge is 0.456 e. The van der Waals surface area contributed by atoms with Crippen molar-refractivity contribution in [2.24, 2.45) is 0 Å². The molecule has 3 N–H and O–H groups in total. The van der Waals surface area contributed by atoms with E-state index in [1.54, 1.807) is 31.9 Å². The predicted molar refractivity (Wildman–Crippen MR) is 152 cm³/mol. The molecule has 1 aliphatic heterocycles. The number of nitrogens with zero attached hydrogens (tertiary/aromatic N) is 1. The zero-order valence-corrected chi connectivity index (χ0v) is 23.4. The van der Waals surface area contributed by atoms with Crippen molar-refractivity contribution in [1.29, 1.82) is 0 Å². The number of hydrogen-bond acceptors (Lipinski definition) is 5. The first-order chi connectivity index (χ1) is 18.5. The highest BCUT2D eigenvalue weighted by molar-refractivity contribution is 6.01. The Morgan fingerprint density at radius 2 is 1.85 bits per heavy atom. The Kier molecular flexibility index (Phi) is 6.75. The monoisotopic (exact) mass is 525 g/mol. The number of hydrogen-bond donors (Lipinski definition) is 3. The lowest BCUT2D eigenvalue weighted by atomic mass is 9.89. The van der Waals surface area contributed by atoms with Crippen LogP contribution in [0.4, 0.5) is 0 Å². The molecule has 1 fully saturated rings. The minimum Gasteiger partial charge on any atom is -0.456 e. The molecule has 7 nitrogen and oxygen atoms in total. The summed E-state index contributed by atoms with van der Waals surface area (Å²) in [5.41, 5.74) is 6.43. The number of carbonyl (C=O) groups excluding carboxylic acids is 2. The van der Waals surface area contributed by atoms with Crippen LogP contribution >= 0.6 is 0 Å². The third-order valence-electron chi connectivity index (χ3n) is 7.42. The number of carbonyl (C=O) groups is 1. The van der Waals surface area contributed by atoms with Gasteiger partial charge in [-0.05, 0) is 93.8 Å². The summed E-state index contributed by atoms with van der Waals surface area (Å²) >= 11 is 0. The van der Waals surface area contributed by atoms with Gasteiger partial charge in [0.25, 0.3) is 5.91 Å². The van der Waals surface area contributed by atoms with E-state index in [2.05, 4.69) is 36.3 Å². The standard InChI is InChI=1S/C32H35N3O4/c1-7-33-31(37)26-15-24-25(16-35(6)27(17-36)29(24)34-26)23-14-22(32(4,5)38)10-11-28(23)39-30-18(2)12-21(13-19(30)3)20-8-9-20/h10-16,20,34,38H,7-9H2,1-6H3,(H,33,37). The van der Waals surface area contributed by atoms with E-state index in [1.807, 2.05) is 37.3 Å². The molecule has 7 heteroatoms. The number of H-pyrrole nitrogens is 1. The van der Waals surface area contributed by atoms with Gasteiger partial charge in [0.15, 0.2) is 11.6 Å². The second-order valence-electron chi connectivity index (χ2n) is 11.1. The molecule has 1 amide bonds. The van der Waals surface area contributed by atoms with E-state index in [-0.39, 0.29) is 5.91 Å². The van der Waals surface area contributed by atoms with Crippen LogP contribution in [-0.2, 0) is 10.4 Å². The van der Waals surface area contributed by atoms with Crippen molar-refractivity contribution in [2.75, 3.05) is 13.6 Å². The second kappa shape index (κ2) is 9.92. The number of aromatic amines is 1. The van der Waals surface area contributed by atoms with Crippen molar-refractivity contribution in [2.45, 2.75) is 59.0 Å². The zero-order valence-electron chi connectivity index (χ0n) is 23.4. The molecule has 1 aliphatic carbocycles. The number of nitrogens with one attached hydrogen (secondary N) is 2. The molecule has 202 valence electrons. The predicted octanol–water partition coefficient (Wildman–Crippen LogP) is 5.79. The number of ether oxygens (including phenoxy) is 1. The van der Waals surface area contributed by atoms with Crippen molar-refractivity contribution in [3.05, 3.63) is 87.4 Å². The van der Waals surface area contributed by atoms with Crippen LogP contribution in [0.25, 0.3) is 11.3 Å². The molecule has 1 saturated carbocycles. The molecule has 0 atom stereocenters. The number of aliphatic hydroxyl groups is 1. The lowest BCUT2D eigenvalue weighted by molar-refractivity contribution is 0.0785. The Bertz CT molecular complexity index is 1520. The van der Waals surface area contributed by atoms with Crippen LogP contribution in [0.15, 0.2) is 42.6 Å². The van der Waals surface area contributed by atoms with Crippen LogP contribution in [0.2, 0.25) is 0 Å². The average molecular weight is 526 g/mol. The van der Waals surface area contributed by atoms with Gasteiger partial charge in [-0.15, -0.1) is 0 Å². The van der Waals surface area contributed by atoms with Crippen LogP contribution in [-0.4, -0.2) is 40.4 Å². The van der Waals surface area contributed by atoms with E-state index < -0.39 is 5.60 Å². The topological polar surface area (TPSA) is 94.7 Å². The van der Waals surface area contributed by atoms with Crippen LogP contribution in [0.5, 0.6) is 11.5 Å². The molecule has 39 heavy (non-hydrogen) atoms. The molecule has 0 spiro atoms. The number of aryl methyl sites for hydroxylation is 2. The molecule has 0 bridgehead atoms. The Morgan fingerprint density at radius 1 is 1.15 bits per heavy atom. The summed E-state index contributed by atoms with van der Waals surface area (Å²) in [6.45, 7) is 9.94. The number of rotatable bonds is 7. The van der Waals surface area contributed by atoms with Crippen LogP contribution in [0.3, 0.4) is 0 Å². The third-order valence-corrected chi connectivity index (χ3v) is 7.42. The molecule has 0 unspecified atom stereocenters. The van der Waals surface area contributed by atoms with E-state index in [0.29, 0.717) is 46.4 Å². The summed E-state index contributed by atoms with van der Waals surface area (Å²) in [5.74, 6) is 3.80. The first kappa shape index (κ1) is 26.5. The highest BCUT2D eigenvalue weighted by atomic mass is 16.5. The molecular formula is C32H35N3O4. The Morgan fingerprint density at radius 3 is 2.44 bits per heavy atom. The maximum absolute atomic E-state index is 12.7. The molecule has 1 aromatic heterocycles. The Labute approximate surface area is 229 Å². The minimum atomic E-state index is -1.09. The SMILES string of the molecule is CCNC(=O)c1cc2c([nH]1)C(=C=O)N(C)C=C2c1cc(C(C)(C)O)ccc1Oc1c(C)cc(C2CC2)cc1C. The minimum absolute atomic E-state index is 0.261. The summed E-state index contributed by atoms with van der Waals surface area (Å²) in [4.78, 5) is 29.4. The fourth-order valence-corrected chi connectivity index (χ4v) is 5.19. The third kappa shape index (κ3) is 5.03. The fraction of sp³-hybridized carbons (Fsp3) is 0.344. The lowest BCUT2D eigenvalue weighted by Gasteiger charge is -2.27. The van der Waals surface area contributed by atoms with Gasteiger partial charge in [-0.2, -0.15) is 0 Å². The van der Waals surface area contributed by atoms with E-state index >= 15 is 0 Å². The molecule has 0 saturated heterocycles. The van der Waals surface area contributed by atoms with Crippen molar-refractivity contribution >= 4 is 23.1 Å². The number of aromatic nitrogens is 1. The van der Waals surface area contributed by atoms with Gasteiger partial charge in [-0.25, -0.2) is 4.79 Å². The van der Waals surface area contributed by atoms with Crippen molar-refractivity contribution in [3.8, 4) is 11.5 Å². The number of benzene rings is 2. The van der Waals surface area contributed by atoms with E-state index in [0.717, 1.165) is 28.0 Å². The molecular weight excluding hydrogens is 490 g/mol. The van der Waals surface area contributed by atoms with Gasteiger partial charge in [0.1, 0.15) is 17.2 Å². The quantitative estimate of drug-likeness (QED) is 0.340. The summed E-state index contributed by atoms with van der Waals surface area (Å²) in [6, 6.07) is 11.8. The van der Waals surface area contributed by atoms with Crippen LogP contribution < -0.4 is 10.1 Å². The van der Waals surface area contributed by atoms with E-state index in [4.69, 9.17) is 4.74 Å². The maximum Gasteiger partial charge on any atom is 0.267 e. The summed E-state index contributed by atoms with van der Waals surface area (Å²) in [5, 5.41) is 13.7. The zero-order chi connectivity index (χ0) is 28.1. The van der Waals surface area contributed by atoms with Gasteiger partial charge in [0.05, 0.1) is 11.3 Å². The summed E-state index contributed by atoms with van der Waals surface area (Å²) in [7, 11) is 1.76. The molecule has 2 aliphatic rings. The van der Waals surface area contributed by atoms with Gasteiger partial charge < -0.3 is 25.0 Å². The maximum atomic E-state index is 12.7. The van der Waals surface area contributed by atoms with E-state index in [9.17, 15) is 14.7 Å². The summed E-state index contributed by atoms with van der Waals surface area (Å²) < 4.78 is 6.63. The normalized spacial score (nSPS) is 15.0. The lowest BCUT2D eigenvalue weighted by Crippen LogP contribution is -2.23. The van der Waals surface area contributed by atoms with Gasteiger partial charge in [-0.1, -0.05) is 18.2 Å². The van der Waals surface area contributed by atoms with Crippen molar-refractivity contribution in [3.63, 3.8) is 0 Å². The van der Waals surface area contributed by atoms with Crippen molar-refractivity contribution in [1.82, 2.24) is 15.2 Å². The highest BCUT2D eigenvalue weighted by Crippen LogP contribution is 2.45. The number of amides is 1. The fourth-order valence-electron chi connectivity index (χ4n) is 5.19. The number of fused-ring (bicyclic) bond motifs is 1. The summed E-state index contributed by atoms with van der Waals surface area (Å²) in [6.07, 6.45) is 4.31. The van der Waals surface area contributed by atoms with Crippen molar-refractivity contribution < 1.29 is 19.4 Å². The first-order valence-electron chi connectivity index (χ1n) is 13.4. The smallest absolute Gasteiger partial charge is 0.267 e. The molecule has 2 heterocycles. The Balaban J connectivity index is 1.67. The van der Waals surface area contributed by atoms with Gasteiger partial charge in [0.2, 0.25) is 0 Å². The van der Waals surface area contributed by atoms with Crippen LogP contribution in [0.1, 0.15) is 89.1 Å². The first-order valence-corrected chi connectivity index (χ1v) is 13.4. The molecule has 0 radical (unpaired) electrons. The van der Waals surface area contributed by atoms with Gasteiger partial charge in [0, 0.05) is 36.5 Å². The average Bonchev–Trinajstić information content (AvgIpc) is 3.63. The molecule has 2 aromatic carbocycles. The molecule has 3 aromatic rings. The highest BCUT2D eigenvalue weighted by Gasteiger charge is 2.30. The second-order valence-corrected chi connectivity index (χ2v) is 11.1.